The second kappa shape index (κ2) is 6.11. The predicted octanol–water partition coefficient (Wildman–Crippen LogP) is 3.42. The van der Waals surface area contributed by atoms with E-state index in [1.54, 1.807) is 0 Å². The number of aryl methyl sites for hydroxylation is 2. The summed E-state index contributed by atoms with van der Waals surface area (Å²) < 4.78 is 0. The third-order valence-electron chi connectivity index (χ3n) is 3.57. The molecule has 1 aliphatic carbocycles. The molecule has 0 atom stereocenters. The van der Waals surface area contributed by atoms with E-state index in [2.05, 4.69) is 11.1 Å². The van der Waals surface area contributed by atoms with Gasteiger partial charge in [-0.25, -0.2) is 4.98 Å². The molecule has 1 aromatic carbocycles. The van der Waals surface area contributed by atoms with Gasteiger partial charge in [0.25, 0.3) is 0 Å². The summed E-state index contributed by atoms with van der Waals surface area (Å²) in [5.41, 5.74) is 3.56. The molecular formula is C17H14N2OS. The summed E-state index contributed by atoms with van der Waals surface area (Å²) >= 11 is 1.36. The van der Waals surface area contributed by atoms with Crippen molar-refractivity contribution >= 4 is 17.5 Å². The van der Waals surface area contributed by atoms with Gasteiger partial charge in [-0.3, -0.25) is 4.79 Å². The van der Waals surface area contributed by atoms with Crippen LogP contribution in [0.25, 0.3) is 0 Å². The molecule has 3 rings (SSSR count). The summed E-state index contributed by atoms with van der Waals surface area (Å²) in [5.74, 6) is 0.372. The Hall–Kier alpha value is -2.12. The van der Waals surface area contributed by atoms with E-state index in [1.165, 1.54) is 17.3 Å². The number of nitrogens with zero attached hydrogens (tertiary/aromatic N) is 2. The Morgan fingerprint density at radius 1 is 1.29 bits per heavy atom. The number of fused-ring (bicyclic) bond motifs is 1. The molecule has 0 unspecified atom stereocenters. The Bertz CT molecular complexity index is 720. The minimum Gasteiger partial charge on any atom is -0.293 e. The predicted molar refractivity (Wildman–Crippen MR) is 82.5 cm³/mol. The number of thioether (sulfide) groups is 1. The van der Waals surface area contributed by atoms with Crippen molar-refractivity contribution in [3.63, 3.8) is 0 Å². The monoisotopic (exact) mass is 294 g/mol. The molecule has 0 radical (unpaired) electrons. The van der Waals surface area contributed by atoms with Crippen molar-refractivity contribution in [3.05, 3.63) is 58.8 Å². The van der Waals surface area contributed by atoms with Crippen molar-refractivity contribution in [1.82, 2.24) is 4.98 Å². The number of rotatable bonds is 4. The number of carbonyl (C=O) groups is 1. The standard InChI is InChI=1S/C17H14N2OS/c18-10-14-9-13-7-4-8-15(13)19-17(14)21-11-16(20)12-5-2-1-3-6-12/h1-3,5-6,9H,4,7-8,11H2. The zero-order valence-electron chi connectivity index (χ0n) is 11.5. The van der Waals surface area contributed by atoms with Crippen molar-refractivity contribution in [2.24, 2.45) is 0 Å². The summed E-state index contributed by atoms with van der Waals surface area (Å²) in [6, 6.07) is 13.3. The smallest absolute Gasteiger partial charge is 0.173 e. The van der Waals surface area contributed by atoms with Crippen LogP contribution >= 0.6 is 11.8 Å². The highest BCUT2D eigenvalue weighted by Gasteiger charge is 2.17. The molecule has 1 aliphatic rings. The van der Waals surface area contributed by atoms with Crippen LogP contribution in [0.15, 0.2) is 41.4 Å². The third kappa shape index (κ3) is 2.98. The number of carbonyl (C=O) groups excluding carboxylic acids is 1. The zero-order chi connectivity index (χ0) is 14.7. The molecule has 0 saturated heterocycles. The summed E-state index contributed by atoms with van der Waals surface area (Å²) in [7, 11) is 0. The first-order valence-corrected chi connectivity index (χ1v) is 7.90. The molecule has 3 nitrogen and oxygen atoms in total. The van der Waals surface area contributed by atoms with Gasteiger partial charge in [0.1, 0.15) is 11.1 Å². The number of hydrogen-bond donors (Lipinski definition) is 0. The first kappa shape index (κ1) is 13.8. The van der Waals surface area contributed by atoms with Crippen molar-refractivity contribution < 1.29 is 4.79 Å². The van der Waals surface area contributed by atoms with Crippen LogP contribution in [-0.2, 0) is 12.8 Å². The van der Waals surface area contributed by atoms with Gasteiger partial charge in [0, 0.05) is 11.3 Å². The highest BCUT2D eigenvalue weighted by molar-refractivity contribution is 8.00. The van der Waals surface area contributed by atoms with Gasteiger partial charge in [0.05, 0.1) is 11.3 Å². The number of pyridine rings is 1. The maximum Gasteiger partial charge on any atom is 0.173 e. The number of Topliss-reactive ketones (excluding diaryl/α,β-unsaturated/α-hetero) is 1. The van der Waals surface area contributed by atoms with Gasteiger partial charge in [0.15, 0.2) is 5.78 Å². The normalized spacial score (nSPS) is 12.7. The fraction of sp³-hybridized carbons (Fsp3) is 0.235. The lowest BCUT2D eigenvalue weighted by atomic mass is 10.2. The molecule has 0 fully saturated rings. The molecule has 4 heteroatoms. The molecule has 0 spiro atoms. The van der Waals surface area contributed by atoms with E-state index in [4.69, 9.17) is 0 Å². The van der Waals surface area contributed by atoms with Crippen LogP contribution < -0.4 is 0 Å². The van der Waals surface area contributed by atoms with Gasteiger partial charge >= 0.3 is 0 Å². The molecular weight excluding hydrogens is 280 g/mol. The summed E-state index contributed by atoms with van der Waals surface area (Å²) in [4.78, 5) is 16.7. The quantitative estimate of drug-likeness (QED) is 0.640. The average Bonchev–Trinajstić information content (AvgIpc) is 2.99. The first-order valence-electron chi connectivity index (χ1n) is 6.92. The van der Waals surface area contributed by atoms with Crippen molar-refractivity contribution in [1.29, 1.82) is 5.26 Å². The lowest BCUT2D eigenvalue weighted by Crippen LogP contribution is -2.03. The van der Waals surface area contributed by atoms with Crippen LogP contribution in [0.1, 0.15) is 33.6 Å². The third-order valence-corrected chi connectivity index (χ3v) is 4.56. The fourth-order valence-corrected chi connectivity index (χ4v) is 3.35. The van der Waals surface area contributed by atoms with E-state index < -0.39 is 0 Å². The number of benzene rings is 1. The molecule has 2 aromatic rings. The minimum atomic E-state index is 0.0618. The minimum absolute atomic E-state index is 0.0618. The molecule has 21 heavy (non-hydrogen) atoms. The maximum absolute atomic E-state index is 12.1. The van der Waals surface area contributed by atoms with E-state index in [0.717, 1.165) is 25.0 Å². The van der Waals surface area contributed by atoms with Crippen molar-refractivity contribution in [2.75, 3.05) is 5.75 Å². The molecule has 0 N–H and O–H groups in total. The highest BCUT2D eigenvalue weighted by Crippen LogP contribution is 2.28. The average molecular weight is 294 g/mol. The molecule has 0 saturated carbocycles. The SMILES string of the molecule is N#Cc1cc2c(nc1SCC(=O)c1ccccc1)CCC2. The van der Waals surface area contributed by atoms with Crippen LogP contribution in [0.5, 0.6) is 0 Å². The Kier molecular flexibility index (Phi) is 4.03. The molecule has 0 amide bonds. The topological polar surface area (TPSA) is 53.8 Å². The first-order chi connectivity index (χ1) is 10.3. The zero-order valence-corrected chi connectivity index (χ0v) is 12.3. The Labute approximate surface area is 128 Å². The Morgan fingerprint density at radius 3 is 2.86 bits per heavy atom. The largest absolute Gasteiger partial charge is 0.293 e. The second-order valence-corrected chi connectivity index (χ2v) is 5.95. The van der Waals surface area contributed by atoms with Gasteiger partial charge in [-0.05, 0) is 30.9 Å². The molecule has 0 bridgehead atoms. The highest BCUT2D eigenvalue weighted by atomic mass is 32.2. The Balaban J connectivity index is 1.77. The summed E-state index contributed by atoms with van der Waals surface area (Å²) in [6.07, 6.45) is 3.08. The van der Waals surface area contributed by atoms with E-state index in [9.17, 15) is 10.1 Å². The van der Waals surface area contributed by atoms with Gasteiger partial charge in [-0.2, -0.15) is 5.26 Å². The number of nitriles is 1. The second-order valence-electron chi connectivity index (χ2n) is 4.99. The van der Waals surface area contributed by atoms with Crippen molar-refractivity contribution in [2.45, 2.75) is 24.3 Å². The van der Waals surface area contributed by atoms with Crippen LogP contribution in [0.3, 0.4) is 0 Å². The summed E-state index contributed by atoms with van der Waals surface area (Å²) in [6.45, 7) is 0. The van der Waals surface area contributed by atoms with Gasteiger partial charge in [-0.15, -0.1) is 0 Å². The molecule has 0 aliphatic heterocycles. The van der Waals surface area contributed by atoms with Crippen LogP contribution in [-0.4, -0.2) is 16.5 Å². The number of hydrogen-bond acceptors (Lipinski definition) is 4. The molecule has 1 heterocycles. The van der Waals surface area contributed by atoms with Crippen molar-refractivity contribution in [3.8, 4) is 6.07 Å². The lowest BCUT2D eigenvalue weighted by molar-refractivity contribution is 0.102. The molecule has 104 valence electrons. The molecule has 1 aromatic heterocycles. The van der Waals surface area contributed by atoms with Crippen LogP contribution in [0.4, 0.5) is 0 Å². The van der Waals surface area contributed by atoms with Gasteiger partial charge in [-0.1, -0.05) is 42.1 Å². The van der Waals surface area contributed by atoms with E-state index >= 15 is 0 Å². The van der Waals surface area contributed by atoms with Gasteiger partial charge in [0.2, 0.25) is 0 Å². The number of aromatic nitrogens is 1. The van der Waals surface area contributed by atoms with E-state index in [0.29, 0.717) is 21.9 Å². The van der Waals surface area contributed by atoms with E-state index in [-0.39, 0.29) is 5.78 Å². The summed E-state index contributed by atoms with van der Waals surface area (Å²) in [5, 5.41) is 9.93. The van der Waals surface area contributed by atoms with Gasteiger partial charge < -0.3 is 0 Å². The van der Waals surface area contributed by atoms with E-state index in [1.807, 2.05) is 36.4 Å². The van der Waals surface area contributed by atoms with Crippen LogP contribution in [0.2, 0.25) is 0 Å². The fourth-order valence-electron chi connectivity index (χ4n) is 2.48. The number of ketones is 1. The lowest BCUT2D eigenvalue weighted by Gasteiger charge is -2.06. The van der Waals surface area contributed by atoms with Crippen LogP contribution in [0, 0.1) is 11.3 Å². The Morgan fingerprint density at radius 2 is 2.10 bits per heavy atom. The maximum atomic E-state index is 12.1.